The number of aromatic nitrogens is 2. The Hall–Kier alpha value is -2.67. The maximum Gasteiger partial charge on any atom is 0.274 e. The van der Waals surface area contributed by atoms with Crippen molar-refractivity contribution in [2.75, 3.05) is 33.9 Å². The van der Waals surface area contributed by atoms with E-state index < -0.39 is 0 Å². The lowest BCUT2D eigenvalue weighted by molar-refractivity contribution is -0.0937. The molecule has 0 N–H and O–H groups in total. The number of nitrogens with zero attached hydrogens (tertiary/aromatic N) is 3. The molecule has 2 aliphatic heterocycles. The first-order valence-electron chi connectivity index (χ1n) is 9.53. The molecule has 1 amide bonds. The Bertz CT molecular complexity index is 874. The van der Waals surface area contributed by atoms with Crippen LogP contribution < -0.4 is 9.47 Å². The lowest BCUT2D eigenvalue weighted by Crippen LogP contribution is -2.48. The summed E-state index contributed by atoms with van der Waals surface area (Å²) in [5, 5.41) is 0. The van der Waals surface area contributed by atoms with E-state index in [1.54, 1.807) is 26.6 Å². The summed E-state index contributed by atoms with van der Waals surface area (Å²) in [7, 11) is 3.29. The van der Waals surface area contributed by atoms with Gasteiger partial charge in [0.05, 0.1) is 38.3 Å². The molecule has 1 aromatic carbocycles. The largest absolute Gasteiger partial charge is 0.493 e. The number of likely N-dealkylation sites (tertiary alicyclic amines) is 1. The van der Waals surface area contributed by atoms with E-state index in [0.29, 0.717) is 31.1 Å². The van der Waals surface area contributed by atoms with Crippen LogP contribution in [-0.2, 0) is 16.8 Å². The molecule has 28 heavy (non-hydrogen) atoms. The van der Waals surface area contributed by atoms with Gasteiger partial charge in [0.15, 0.2) is 11.5 Å². The average molecular weight is 383 g/mol. The number of amides is 1. The highest BCUT2D eigenvalue weighted by molar-refractivity contribution is 5.92. The third-order valence-corrected chi connectivity index (χ3v) is 5.71. The van der Waals surface area contributed by atoms with Crippen LogP contribution in [-0.4, -0.2) is 54.7 Å². The molecule has 0 bridgehead atoms. The van der Waals surface area contributed by atoms with E-state index in [-0.39, 0.29) is 11.5 Å². The predicted molar refractivity (Wildman–Crippen MR) is 103 cm³/mol. The summed E-state index contributed by atoms with van der Waals surface area (Å²) in [6.07, 6.45) is 5.49. The molecule has 1 fully saturated rings. The van der Waals surface area contributed by atoms with Gasteiger partial charge in [-0.3, -0.25) is 9.78 Å². The number of carbonyl (C=O) groups is 1. The molecule has 1 spiro atoms. The zero-order valence-electron chi connectivity index (χ0n) is 16.5. The van der Waals surface area contributed by atoms with Crippen molar-refractivity contribution in [3.63, 3.8) is 0 Å². The van der Waals surface area contributed by atoms with Crippen LogP contribution in [0.4, 0.5) is 0 Å². The van der Waals surface area contributed by atoms with Crippen molar-refractivity contribution in [2.45, 2.75) is 31.8 Å². The van der Waals surface area contributed by atoms with E-state index >= 15 is 0 Å². The SMILES string of the molecule is COc1cc2c(cc1OC)C1(CCN(C(=O)c3cnc(C)cn3)CC1)OCC2. The predicted octanol–water partition coefficient (Wildman–Crippen LogP) is 2.51. The van der Waals surface area contributed by atoms with Crippen molar-refractivity contribution in [2.24, 2.45) is 0 Å². The van der Waals surface area contributed by atoms with E-state index in [9.17, 15) is 4.79 Å². The first-order valence-corrected chi connectivity index (χ1v) is 9.53. The Balaban J connectivity index is 1.56. The van der Waals surface area contributed by atoms with Crippen LogP contribution in [0.1, 0.15) is 40.2 Å². The molecule has 0 unspecified atom stereocenters. The van der Waals surface area contributed by atoms with Crippen molar-refractivity contribution in [3.05, 3.63) is 47.0 Å². The van der Waals surface area contributed by atoms with Gasteiger partial charge in [0, 0.05) is 19.3 Å². The highest BCUT2D eigenvalue weighted by Crippen LogP contribution is 2.45. The number of aryl methyl sites for hydroxylation is 1. The van der Waals surface area contributed by atoms with E-state index in [2.05, 4.69) is 16.0 Å². The van der Waals surface area contributed by atoms with Crippen molar-refractivity contribution < 1.29 is 19.0 Å². The Kier molecular flexibility index (Phi) is 4.93. The second-order valence-corrected chi connectivity index (χ2v) is 7.29. The summed E-state index contributed by atoms with van der Waals surface area (Å²) >= 11 is 0. The smallest absolute Gasteiger partial charge is 0.274 e. The Morgan fingerprint density at radius 2 is 1.82 bits per heavy atom. The van der Waals surface area contributed by atoms with Gasteiger partial charge in [-0.05, 0) is 49.4 Å². The fourth-order valence-electron chi connectivity index (χ4n) is 4.14. The molecule has 3 heterocycles. The van der Waals surface area contributed by atoms with E-state index in [4.69, 9.17) is 14.2 Å². The molecule has 148 valence electrons. The normalized spacial score (nSPS) is 17.9. The third kappa shape index (κ3) is 3.20. The molecule has 7 nitrogen and oxygen atoms in total. The first-order chi connectivity index (χ1) is 13.6. The van der Waals surface area contributed by atoms with Crippen LogP contribution in [0, 0.1) is 6.92 Å². The van der Waals surface area contributed by atoms with Crippen molar-refractivity contribution >= 4 is 5.91 Å². The number of ether oxygens (including phenoxy) is 3. The van der Waals surface area contributed by atoms with Crippen LogP contribution in [0.2, 0.25) is 0 Å². The van der Waals surface area contributed by atoms with Gasteiger partial charge in [-0.2, -0.15) is 0 Å². The molecular formula is C21H25N3O4. The molecule has 0 atom stereocenters. The quantitative estimate of drug-likeness (QED) is 0.811. The summed E-state index contributed by atoms with van der Waals surface area (Å²) in [5.41, 5.74) is 3.18. The van der Waals surface area contributed by atoms with Gasteiger partial charge in [-0.1, -0.05) is 0 Å². The highest BCUT2D eigenvalue weighted by Gasteiger charge is 2.42. The van der Waals surface area contributed by atoms with Gasteiger partial charge >= 0.3 is 0 Å². The number of benzene rings is 1. The lowest BCUT2D eigenvalue weighted by Gasteiger charge is -2.45. The third-order valence-electron chi connectivity index (χ3n) is 5.71. The standard InChI is InChI=1S/C21H25N3O4/c1-14-12-23-17(13-22-14)20(25)24-7-5-21(6-8-24)16-11-19(27-3)18(26-2)10-15(16)4-9-28-21/h10-13H,4-9H2,1-3H3. The molecule has 1 aromatic heterocycles. The number of carbonyl (C=O) groups excluding carboxylic acids is 1. The van der Waals surface area contributed by atoms with Gasteiger partial charge in [0.1, 0.15) is 5.69 Å². The van der Waals surface area contributed by atoms with Crippen LogP contribution in [0.25, 0.3) is 0 Å². The van der Waals surface area contributed by atoms with Gasteiger partial charge < -0.3 is 19.1 Å². The highest BCUT2D eigenvalue weighted by atomic mass is 16.5. The Labute approximate surface area is 164 Å². The minimum atomic E-state index is -0.386. The number of methoxy groups -OCH3 is 2. The average Bonchev–Trinajstić information content (AvgIpc) is 2.74. The Morgan fingerprint density at radius 3 is 2.46 bits per heavy atom. The maximum absolute atomic E-state index is 12.8. The first kappa shape index (κ1) is 18.7. The molecular weight excluding hydrogens is 358 g/mol. The van der Waals surface area contributed by atoms with Crippen LogP contribution in [0.5, 0.6) is 11.5 Å². The summed E-state index contributed by atoms with van der Waals surface area (Å²) in [4.78, 5) is 23.0. The zero-order valence-corrected chi connectivity index (χ0v) is 16.5. The molecule has 0 aliphatic carbocycles. The topological polar surface area (TPSA) is 73.8 Å². The maximum atomic E-state index is 12.8. The molecule has 4 rings (SSSR count). The minimum absolute atomic E-state index is 0.0781. The van der Waals surface area contributed by atoms with Crippen molar-refractivity contribution in [1.29, 1.82) is 0 Å². The second kappa shape index (κ2) is 7.39. The number of rotatable bonds is 3. The van der Waals surface area contributed by atoms with Gasteiger partial charge in [-0.15, -0.1) is 0 Å². The van der Waals surface area contributed by atoms with Gasteiger partial charge in [0.25, 0.3) is 5.91 Å². The fraction of sp³-hybridized carbons (Fsp3) is 0.476. The fourth-order valence-corrected chi connectivity index (χ4v) is 4.14. The summed E-state index contributed by atoms with van der Waals surface area (Å²) in [6, 6.07) is 4.09. The van der Waals surface area contributed by atoms with Gasteiger partial charge in [0.2, 0.25) is 0 Å². The summed E-state index contributed by atoms with van der Waals surface area (Å²) in [5.74, 6) is 1.37. The monoisotopic (exact) mass is 383 g/mol. The van der Waals surface area contributed by atoms with Crippen molar-refractivity contribution in [1.82, 2.24) is 14.9 Å². The van der Waals surface area contributed by atoms with Crippen LogP contribution >= 0.6 is 0 Å². The minimum Gasteiger partial charge on any atom is -0.493 e. The molecule has 2 aliphatic rings. The molecule has 2 aromatic rings. The lowest BCUT2D eigenvalue weighted by atomic mass is 9.79. The molecule has 0 saturated carbocycles. The Morgan fingerprint density at radius 1 is 1.11 bits per heavy atom. The summed E-state index contributed by atoms with van der Waals surface area (Å²) < 4.78 is 17.2. The van der Waals surface area contributed by atoms with E-state index in [1.165, 1.54) is 5.56 Å². The number of hydrogen-bond donors (Lipinski definition) is 0. The van der Waals surface area contributed by atoms with Gasteiger partial charge in [-0.25, -0.2) is 4.98 Å². The number of piperidine rings is 1. The zero-order chi connectivity index (χ0) is 19.7. The summed E-state index contributed by atoms with van der Waals surface area (Å²) in [6.45, 7) is 3.75. The van der Waals surface area contributed by atoms with Crippen LogP contribution in [0.15, 0.2) is 24.5 Å². The molecule has 1 saturated heterocycles. The molecule has 0 radical (unpaired) electrons. The number of fused-ring (bicyclic) bond motifs is 2. The number of hydrogen-bond acceptors (Lipinski definition) is 6. The molecule has 7 heteroatoms. The second-order valence-electron chi connectivity index (χ2n) is 7.29. The van der Waals surface area contributed by atoms with E-state index in [0.717, 1.165) is 36.3 Å². The van der Waals surface area contributed by atoms with Crippen molar-refractivity contribution in [3.8, 4) is 11.5 Å². The van der Waals surface area contributed by atoms with E-state index in [1.807, 2.05) is 17.9 Å². The van der Waals surface area contributed by atoms with Crippen LogP contribution in [0.3, 0.4) is 0 Å².